The standard InChI is InChI=1S/C15H25N/c1-4-5-13-6-8-14(9-7-13)12-15(2,3)10-11-16/h6-9H,4-5,10-12,16H2,1-3H3. The second kappa shape index (κ2) is 6.05. The Bertz CT molecular complexity index is 298. The molecule has 0 aliphatic carbocycles. The summed E-state index contributed by atoms with van der Waals surface area (Å²) in [6.45, 7) is 7.58. The SMILES string of the molecule is CCCc1ccc(CC(C)(C)CCN)cc1. The lowest BCUT2D eigenvalue weighted by molar-refractivity contribution is 0.339. The van der Waals surface area contributed by atoms with E-state index >= 15 is 0 Å². The minimum atomic E-state index is 0.320. The molecule has 0 bridgehead atoms. The Morgan fingerprint density at radius 1 is 1.06 bits per heavy atom. The zero-order chi connectivity index (χ0) is 12.0. The van der Waals surface area contributed by atoms with Crippen molar-refractivity contribution in [2.75, 3.05) is 6.54 Å². The predicted octanol–water partition coefficient (Wildman–Crippen LogP) is 3.56. The fourth-order valence-electron chi connectivity index (χ4n) is 2.14. The summed E-state index contributed by atoms with van der Waals surface area (Å²) in [4.78, 5) is 0. The molecular formula is C15H25N. The molecule has 0 saturated heterocycles. The van der Waals surface area contributed by atoms with Gasteiger partial charge in [0.05, 0.1) is 0 Å². The van der Waals surface area contributed by atoms with Crippen molar-refractivity contribution in [2.24, 2.45) is 11.1 Å². The molecule has 0 saturated carbocycles. The van der Waals surface area contributed by atoms with Crippen LogP contribution in [-0.2, 0) is 12.8 Å². The molecule has 0 aromatic heterocycles. The van der Waals surface area contributed by atoms with Crippen molar-refractivity contribution in [3.63, 3.8) is 0 Å². The van der Waals surface area contributed by atoms with E-state index in [1.165, 1.54) is 24.0 Å². The van der Waals surface area contributed by atoms with Crippen LogP contribution in [0.1, 0.15) is 44.7 Å². The van der Waals surface area contributed by atoms with Crippen molar-refractivity contribution < 1.29 is 0 Å². The highest BCUT2D eigenvalue weighted by molar-refractivity contribution is 5.23. The van der Waals surface area contributed by atoms with Gasteiger partial charge in [-0.25, -0.2) is 0 Å². The van der Waals surface area contributed by atoms with Gasteiger partial charge in [0.1, 0.15) is 0 Å². The monoisotopic (exact) mass is 219 g/mol. The van der Waals surface area contributed by atoms with E-state index in [2.05, 4.69) is 45.0 Å². The van der Waals surface area contributed by atoms with Crippen molar-refractivity contribution >= 4 is 0 Å². The minimum Gasteiger partial charge on any atom is -0.330 e. The lowest BCUT2D eigenvalue weighted by Crippen LogP contribution is -2.19. The van der Waals surface area contributed by atoms with Gasteiger partial charge in [0.2, 0.25) is 0 Å². The Morgan fingerprint density at radius 2 is 1.62 bits per heavy atom. The molecule has 1 rings (SSSR count). The molecule has 1 aromatic rings. The second-order valence-electron chi connectivity index (χ2n) is 5.45. The summed E-state index contributed by atoms with van der Waals surface area (Å²) < 4.78 is 0. The molecule has 0 spiro atoms. The first kappa shape index (κ1) is 13.2. The van der Waals surface area contributed by atoms with Crippen LogP contribution >= 0.6 is 0 Å². The third-order valence-corrected chi connectivity index (χ3v) is 3.07. The van der Waals surface area contributed by atoms with Crippen LogP contribution in [0.2, 0.25) is 0 Å². The van der Waals surface area contributed by atoms with E-state index in [-0.39, 0.29) is 0 Å². The number of nitrogens with two attached hydrogens (primary N) is 1. The largest absolute Gasteiger partial charge is 0.330 e. The van der Waals surface area contributed by atoms with Crippen LogP contribution in [-0.4, -0.2) is 6.54 Å². The maximum Gasteiger partial charge on any atom is -0.00721 e. The molecule has 2 N–H and O–H groups in total. The van der Waals surface area contributed by atoms with E-state index in [4.69, 9.17) is 5.73 Å². The smallest absolute Gasteiger partial charge is 0.00721 e. The zero-order valence-electron chi connectivity index (χ0n) is 10.9. The van der Waals surface area contributed by atoms with E-state index in [1.807, 2.05) is 0 Å². The first-order chi connectivity index (χ1) is 7.57. The Hall–Kier alpha value is -0.820. The topological polar surface area (TPSA) is 26.0 Å². The zero-order valence-corrected chi connectivity index (χ0v) is 10.9. The second-order valence-corrected chi connectivity index (χ2v) is 5.45. The number of benzene rings is 1. The van der Waals surface area contributed by atoms with Gasteiger partial charge in [0.15, 0.2) is 0 Å². The first-order valence-electron chi connectivity index (χ1n) is 6.35. The Balaban J connectivity index is 2.61. The Labute approximate surface area is 100 Å². The van der Waals surface area contributed by atoms with Crippen LogP contribution in [0.15, 0.2) is 24.3 Å². The van der Waals surface area contributed by atoms with Crippen LogP contribution in [0.4, 0.5) is 0 Å². The predicted molar refractivity (Wildman–Crippen MR) is 71.6 cm³/mol. The molecule has 1 aromatic carbocycles. The molecule has 0 atom stereocenters. The van der Waals surface area contributed by atoms with Gasteiger partial charge in [0, 0.05) is 0 Å². The molecule has 16 heavy (non-hydrogen) atoms. The molecule has 0 unspecified atom stereocenters. The molecule has 0 aliphatic heterocycles. The minimum absolute atomic E-state index is 0.320. The quantitative estimate of drug-likeness (QED) is 0.778. The van der Waals surface area contributed by atoms with Crippen molar-refractivity contribution in [1.82, 2.24) is 0 Å². The average molecular weight is 219 g/mol. The lowest BCUT2D eigenvalue weighted by Gasteiger charge is -2.24. The van der Waals surface area contributed by atoms with Gasteiger partial charge in [0.25, 0.3) is 0 Å². The van der Waals surface area contributed by atoms with Crippen LogP contribution in [0.25, 0.3) is 0 Å². The summed E-state index contributed by atoms with van der Waals surface area (Å²) >= 11 is 0. The molecule has 0 radical (unpaired) electrons. The number of hydrogen-bond donors (Lipinski definition) is 1. The van der Waals surface area contributed by atoms with E-state index in [0.717, 1.165) is 19.4 Å². The Kier molecular flexibility index (Phi) is 5.01. The summed E-state index contributed by atoms with van der Waals surface area (Å²) in [6, 6.07) is 9.06. The number of hydrogen-bond acceptors (Lipinski definition) is 1. The summed E-state index contributed by atoms with van der Waals surface area (Å²) in [7, 11) is 0. The summed E-state index contributed by atoms with van der Waals surface area (Å²) in [5, 5.41) is 0. The third kappa shape index (κ3) is 4.36. The molecule has 90 valence electrons. The van der Waals surface area contributed by atoms with Gasteiger partial charge in [-0.3, -0.25) is 0 Å². The summed E-state index contributed by atoms with van der Waals surface area (Å²) in [5.74, 6) is 0. The molecule has 0 heterocycles. The van der Waals surface area contributed by atoms with Gasteiger partial charge < -0.3 is 5.73 Å². The highest BCUT2D eigenvalue weighted by Gasteiger charge is 2.17. The molecule has 0 aliphatic rings. The van der Waals surface area contributed by atoms with E-state index < -0.39 is 0 Å². The van der Waals surface area contributed by atoms with Crippen LogP contribution in [0.5, 0.6) is 0 Å². The maximum atomic E-state index is 5.63. The van der Waals surface area contributed by atoms with E-state index in [1.54, 1.807) is 0 Å². The average Bonchev–Trinajstić information content (AvgIpc) is 2.21. The summed E-state index contributed by atoms with van der Waals surface area (Å²) in [6.07, 6.45) is 4.62. The fourth-order valence-corrected chi connectivity index (χ4v) is 2.14. The van der Waals surface area contributed by atoms with Gasteiger partial charge >= 0.3 is 0 Å². The highest BCUT2D eigenvalue weighted by Crippen LogP contribution is 2.25. The number of rotatable bonds is 6. The maximum absolute atomic E-state index is 5.63. The summed E-state index contributed by atoms with van der Waals surface area (Å²) in [5.41, 5.74) is 8.83. The molecular weight excluding hydrogens is 194 g/mol. The molecule has 0 fully saturated rings. The van der Waals surface area contributed by atoms with Gasteiger partial charge in [-0.2, -0.15) is 0 Å². The van der Waals surface area contributed by atoms with Gasteiger partial charge in [-0.15, -0.1) is 0 Å². The van der Waals surface area contributed by atoms with Crippen molar-refractivity contribution in [3.8, 4) is 0 Å². The van der Waals surface area contributed by atoms with Crippen molar-refractivity contribution in [3.05, 3.63) is 35.4 Å². The van der Waals surface area contributed by atoms with Crippen LogP contribution in [0, 0.1) is 5.41 Å². The first-order valence-corrected chi connectivity index (χ1v) is 6.35. The van der Waals surface area contributed by atoms with Crippen LogP contribution in [0.3, 0.4) is 0 Å². The van der Waals surface area contributed by atoms with Crippen molar-refractivity contribution in [2.45, 2.75) is 46.5 Å². The number of aryl methyl sites for hydroxylation is 1. The lowest BCUT2D eigenvalue weighted by atomic mass is 9.82. The molecule has 1 nitrogen and oxygen atoms in total. The fraction of sp³-hybridized carbons (Fsp3) is 0.600. The van der Waals surface area contributed by atoms with Crippen molar-refractivity contribution in [1.29, 1.82) is 0 Å². The Morgan fingerprint density at radius 3 is 2.12 bits per heavy atom. The van der Waals surface area contributed by atoms with Crippen LogP contribution < -0.4 is 5.73 Å². The normalized spacial score (nSPS) is 11.8. The van der Waals surface area contributed by atoms with Gasteiger partial charge in [-0.05, 0) is 42.3 Å². The van der Waals surface area contributed by atoms with E-state index in [0.29, 0.717) is 5.41 Å². The van der Waals surface area contributed by atoms with E-state index in [9.17, 15) is 0 Å². The van der Waals surface area contributed by atoms with Gasteiger partial charge in [-0.1, -0.05) is 51.5 Å². The molecule has 0 amide bonds. The third-order valence-electron chi connectivity index (χ3n) is 3.07. The highest BCUT2D eigenvalue weighted by atomic mass is 14.5. The molecule has 1 heteroatoms.